The van der Waals surface area contributed by atoms with Gasteiger partial charge in [0.15, 0.2) is 0 Å². The number of fused-ring (bicyclic) bond motifs is 4. The first kappa shape index (κ1) is 24.4. The molecule has 0 bridgehead atoms. The second-order valence-corrected chi connectivity index (χ2v) is 13.3. The number of benzene rings is 3. The summed E-state index contributed by atoms with van der Waals surface area (Å²) in [4.78, 5) is 2.46. The van der Waals surface area contributed by atoms with E-state index in [-0.39, 0.29) is 10.8 Å². The van der Waals surface area contributed by atoms with Gasteiger partial charge in [0.05, 0.1) is 0 Å². The molecule has 0 N–H and O–H groups in total. The van der Waals surface area contributed by atoms with Crippen molar-refractivity contribution in [1.29, 1.82) is 0 Å². The van der Waals surface area contributed by atoms with Gasteiger partial charge in [-0.15, -0.1) is 0 Å². The molecule has 37 heavy (non-hydrogen) atoms. The maximum absolute atomic E-state index is 2.68. The Labute approximate surface area is 223 Å². The SMILES string of the molecule is CN(C)C1CC(c2ccccc2)C2C=C3C(=CC21)c1ccc(-c2ccc(C(C)(C)C)cc2)cc1C3(C)C. The minimum Gasteiger partial charge on any atom is -0.306 e. The molecule has 0 heterocycles. The molecule has 1 nitrogen and oxygen atoms in total. The summed E-state index contributed by atoms with van der Waals surface area (Å²) in [6.07, 6.45) is 6.55. The number of nitrogens with zero attached hydrogens (tertiary/aromatic N) is 1. The Hall–Kier alpha value is -2.90. The molecule has 3 aliphatic carbocycles. The van der Waals surface area contributed by atoms with E-state index in [1.54, 1.807) is 0 Å². The monoisotopic (exact) mass is 487 g/mol. The van der Waals surface area contributed by atoms with Crippen LogP contribution in [0.15, 0.2) is 90.5 Å². The van der Waals surface area contributed by atoms with E-state index >= 15 is 0 Å². The number of hydrogen-bond donors (Lipinski definition) is 0. The fourth-order valence-corrected chi connectivity index (χ4v) is 7.29. The van der Waals surface area contributed by atoms with Crippen LogP contribution in [0.25, 0.3) is 16.7 Å². The number of hydrogen-bond acceptors (Lipinski definition) is 1. The smallest absolute Gasteiger partial charge is 0.0164 e. The Balaban J connectivity index is 1.41. The van der Waals surface area contributed by atoms with Crippen molar-refractivity contribution in [3.8, 4) is 11.1 Å². The van der Waals surface area contributed by atoms with Gasteiger partial charge in [-0.05, 0) is 88.4 Å². The molecule has 1 saturated carbocycles. The highest BCUT2D eigenvalue weighted by Gasteiger charge is 2.48. The van der Waals surface area contributed by atoms with E-state index in [9.17, 15) is 0 Å². The Bertz CT molecular complexity index is 1380. The quantitative estimate of drug-likeness (QED) is 0.357. The van der Waals surface area contributed by atoms with Crippen molar-refractivity contribution in [2.24, 2.45) is 11.8 Å². The zero-order valence-electron chi connectivity index (χ0n) is 23.5. The Morgan fingerprint density at radius 1 is 0.784 bits per heavy atom. The molecular weight excluding hydrogens is 446 g/mol. The average Bonchev–Trinajstić information content (AvgIpc) is 3.36. The summed E-state index contributed by atoms with van der Waals surface area (Å²) in [6.45, 7) is 11.7. The van der Waals surface area contributed by atoms with Crippen molar-refractivity contribution in [3.05, 3.63) is 113 Å². The molecule has 0 aromatic heterocycles. The van der Waals surface area contributed by atoms with E-state index in [4.69, 9.17) is 0 Å². The average molecular weight is 488 g/mol. The fraction of sp³-hybridized carbons (Fsp3) is 0.389. The molecule has 4 unspecified atom stereocenters. The van der Waals surface area contributed by atoms with Crippen LogP contribution in [0, 0.1) is 11.8 Å². The third-order valence-electron chi connectivity index (χ3n) is 9.49. The van der Waals surface area contributed by atoms with Crippen LogP contribution in [0.2, 0.25) is 0 Å². The van der Waals surface area contributed by atoms with Crippen LogP contribution in [0.1, 0.15) is 69.2 Å². The summed E-state index contributed by atoms with van der Waals surface area (Å²) < 4.78 is 0. The van der Waals surface area contributed by atoms with E-state index in [0.29, 0.717) is 23.8 Å². The lowest BCUT2D eigenvalue weighted by Gasteiger charge is -2.33. The molecule has 0 radical (unpaired) electrons. The van der Waals surface area contributed by atoms with Gasteiger partial charge in [-0.25, -0.2) is 0 Å². The third-order valence-corrected chi connectivity index (χ3v) is 9.49. The first-order valence-corrected chi connectivity index (χ1v) is 14.0. The lowest BCUT2D eigenvalue weighted by atomic mass is 9.73. The lowest BCUT2D eigenvalue weighted by Crippen LogP contribution is -2.33. The van der Waals surface area contributed by atoms with Crippen molar-refractivity contribution in [2.75, 3.05) is 14.1 Å². The normalized spacial score (nSPS) is 25.8. The van der Waals surface area contributed by atoms with Gasteiger partial charge in [0.2, 0.25) is 0 Å². The largest absolute Gasteiger partial charge is 0.306 e. The number of rotatable bonds is 3. The molecule has 0 saturated heterocycles. The highest BCUT2D eigenvalue weighted by molar-refractivity contribution is 5.92. The molecule has 4 atom stereocenters. The Kier molecular flexibility index (Phi) is 5.66. The molecule has 0 aliphatic heterocycles. The van der Waals surface area contributed by atoms with Gasteiger partial charge in [0, 0.05) is 17.4 Å². The predicted molar refractivity (Wildman–Crippen MR) is 158 cm³/mol. The molecule has 0 amide bonds. The first-order chi connectivity index (χ1) is 17.6. The fourth-order valence-electron chi connectivity index (χ4n) is 7.29. The van der Waals surface area contributed by atoms with Crippen molar-refractivity contribution in [2.45, 2.75) is 63.8 Å². The van der Waals surface area contributed by atoms with Crippen LogP contribution < -0.4 is 0 Å². The molecular formula is C36H41N. The molecule has 3 aromatic carbocycles. The molecule has 1 fully saturated rings. The molecule has 1 heteroatoms. The Morgan fingerprint density at radius 2 is 1.46 bits per heavy atom. The van der Waals surface area contributed by atoms with E-state index in [2.05, 4.69) is 139 Å². The van der Waals surface area contributed by atoms with Crippen LogP contribution in [0.3, 0.4) is 0 Å². The van der Waals surface area contributed by atoms with E-state index in [1.807, 2.05) is 0 Å². The van der Waals surface area contributed by atoms with Crippen LogP contribution in [0.4, 0.5) is 0 Å². The highest BCUT2D eigenvalue weighted by Crippen LogP contribution is 2.58. The van der Waals surface area contributed by atoms with E-state index < -0.39 is 0 Å². The molecule has 190 valence electrons. The van der Waals surface area contributed by atoms with Gasteiger partial charge in [0.1, 0.15) is 0 Å². The van der Waals surface area contributed by atoms with Crippen LogP contribution in [-0.2, 0) is 10.8 Å². The van der Waals surface area contributed by atoms with E-state index in [1.165, 1.54) is 50.9 Å². The summed E-state index contributed by atoms with van der Waals surface area (Å²) in [5.41, 5.74) is 11.6. The van der Waals surface area contributed by atoms with Crippen molar-refractivity contribution >= 4 is 5.57 Å². The molecule has 3 aliphatic rings. The third kappa shape index (κ3) is 3.94. The van der Waals surface area contributed by atoms with Gasteiger partial charge in [-0.3, -0.25) is 0 Å². The van der Waals surface area contributed by atoms with Crippen molar-refractivity contribution in [3.63, 3.8) is 0 Å². The lowest BCUT2D eigenvalue weighted by molar-refractivity contribution is 0.253. The van der Waals surface area contributed by atoms with Gasteiger partial charge in [-0.2, -0.15) is 0 Å². The topological polar surface area (TPSA) is 3.24 Å². The second-order valence-electron chi connectivity index (χ2n) is 13.3. The summed E-state index contributed by atoms with van der Waals surface area (Å²) in [5.74, 6) is 1.66. The molecule has 0 spiro atoms. The highest BCUT2D eigenvalue weighted by atomic mass is 15.1. The second kappa shape index (κ2) is 8.57. The van der Waals surface area contributed by atoms with Crippen LogP contribution in [-0.4, -0.2) is 25.0 Å². The van der Waals surface area contributed by atoms with Crippen LogP contribution >= 0.6 is 0 Å². The standard InChI is InChI=1S/C36H41N/c1-35(2,3)26-16-13-23(14-17-26)25-15-18-27-30-20-31-29(21-33(30)36(4,5)32(27)19-25)28(22-34(31)37(6)7)24-11-9-8-10-12-24/h8-21,28-29,31,34H,22H2,1-7H3. The van der Waals surface area contributed by atoms with Gasteiger partial charge >= 0.3 is 0 Å². The number of allylic oxidation sites excluding steroid dienone is 3. The van der Waals surface area contributed by atoms with Gasteiger partial charge in [-0.1, -0.05) is 114 Å². The Morgan fingerprint density at radius 3 is 2.11 bits per heavy atom. The predicted octanol–water partition coefficient (Wildman–Crippen LogP) is 8.62. The summed E-state index contributed by atoms with van der Waals surface area (Å²) in [7, 11) is 4.52. The zero-order chi connectivity index (χ0) is 26.1. The summed E-state index contributed by atoms with van der Waals surface area (Å²) >= 11 is 0. The van der Waals surface area contributed by atoms with Crippen molar-refractivity contribution < 1.29 is 0 Å². The first-order valence-electron chi connectivity index (χ1n) is 14.0. The molecule has 3 aromatic rings. The summed E-state index contributed by atoms with van der Waals surface area (Å²) in [5, 5.41) is 0. The van der Waals surface area contributed by atoms with Crippen LogP contribution in [0.5, 0.6) is 0 Å². The van der Waals surface area contributed by atoms with Crippen molar-refractivity contribution in [1.82, 2.24) is 4.90 Å². The minimum absolute atomic E-state index is 0.00490. The van der Waals surface area contributed by atoms with Gasteiger partial charge < -0.3 is 4.90 Å². The summed E-state index contributed by atoms with van der Waals surface area (Å²) in [6, 6.07) is 28.2. The minimum atomic E-state index is 0.00490. The van der Waals surface area contributed by atoms with Gasteiger partial charge in [0.25, 0.3) is 0 Å². The van der Waals surface area contributed by atoms with E-state index in [0.717, 1.165) is 0 Å². The zero-order valence-corrected chi connectivity index (χ0v) is 23.5. The maximum Gasteiger partial charge on any atom is 0.0164 e. The molecule has 6 rings (SSSR count). The maximum atomic E-state index is 2.68.